The van der Waals surface area contributed by atoms with Crippen LogP contribution in [0.4, 0.5) is 0 Å². The predicted molar refractivity (Wildman–Crippen MR) is 91.4 cm³/mol. The Morgan fingerprint density at radius 1 is 1.24 bits per heavy atom. The molecule has 21 heavy (non-hydrogen) atoms. The SMILES string of the molecule is C=CC[C@H](CCC(=O)c1ccccc1)/C(C=C)=C/C=C\C. The summed E-state index contributed by atoms with van der Waals surface area (Å²) < 4.78 is 0. The highest BCUT2D eigenvalue weighted by atomic mass is 16.1. The third kappa shape index (κ3) is 5.78. The van der Waals surface area contributed by atoms with Crippen LogP contribution in [-0.4, -0.2) is 5.78 Å². The molecular weight excluding hydrogens is 256 g/mol. The molecule has 0 unspecified atom stereocenters. The van der Waals surface area contributed by atoms with Gasteiger partial charge in [-0.2, -0.15) is 0 Å². The van der Waals surface area contributed by atoms with Crippen molar-refractivity contribution in [1.82, 2.24) is 0 Å². The fourth-order valence-corrected chi connectivity index (χ4v) is 2.27. The molecule has 0 amide bonds. The zero-order chi connectivity index (χ0) is 15.5. The van der Waals surface area contributed by atoms with Gasteiger partial charge >= 0.3 is 0 Å². The predicted octanol–water partition coefficient (Wildman–Crippen LogP) is 5.53. The van der Waals surface area contributed by atoms with Crippen molar-refractivity contribution in [2.24, 2.45) is 5.92 Å². The first kappa shape index (κ1) is 16.9. The van der Waals surface area contributed by atoms with E-state index in [-0.39, 0.29) is 5.78 Å². The van der Waals surface area contributed by atoms with Gasteiger partial charge in [0.25, 0.3) is 0 Å². The van der Waals surface area contributed by atoms with Crippen molar-refractivity contribution in [3.05, 3.63) is 85.0 Å². The van der Waals surface area contributed by atoms with Crippen LogP contribution in [0.5, 0.6) is 0 Å². The number of hydrogen-bond acceptors (Lipinski definition) is 1. The first-order valence-electron chi connectivity index (χ1n) is 7.37. The Hall–Kier alpha value is -2.15. The summed E-state index contributed by atoms with van der Waals surface area (Å²) in [5.41, 5.74) is 1.95. The van der Waals surface area contributed by atoms with E-state index in [9.17, 15) is 4.79 Å². The van der Waals surface area contributed by atoms with Gasteiger partial charge in [0.15, 0.2) is 5.78 Å². The molecule has 1 aromatic carbocycles. The molecule has 0 radical (unpaired) electrons. The van der Waals surface area contributed by atoms with Crippen LogP contribution in [-0.2, 0) is 0 Å². The Kier molecular flexibility index (Phi) is 7.81. The number of Topliss-reactive ketones (excluding diaryl/α,β-unsaturated/α-hetero) is 1. The topological polar surface area (TPSA) is 17.1 Å². The van der Waals surface area contributed by atoms with Crippen LogP contribution in [0.2, 0.25) is 0 Å². The third-order valence-corrected chi connectivity index (χ3v) is 3.46. The summed E-state index contributed by atoms with van der Waals surface area (Å²) in [5.74, 6) is 0.489. The Bertz CT molecular complexity index is 520. The highest BCUT2D eigenvalue weighted by Crippen LogP contribution is 2.23. The molecule has 0 saturated carbocycles. The van der Waals surface area contributed by atoms with E-state index in [4.69, 9.17) is 0 Å². The highest BCUT2D eigenvalue weighted by Gasteiger charge is 2.13. The molecule has 0 bridgehead atoms. The Labute approximate surface area is 128 Å². The van der Waals surface area contributed by atoms with Crippen LogP contribution < -0.4 is 0 Å². The van der Waals surface area contributed by atoms with Gasteiger partial charge in [-0.15, -0.1) is 6.58 Å². The summed E-state index contributed by atoms with van der Waals surface area (Å²) in [5, 5.41) is 0. The first-order valence-corrected chi connectivity index (χ1v) is 7.37. The lowest BCUT2D eigenvalue weighted by atomic mass is 9.89. The first-order chi connectivity index (χ1) is 10.2. The van der Waals surface area contributed by atoms with E-state index in [2.05, 4.69) is 19.2 Å². The molecule has 0 N–H and O–H groups in total. The molecule has 0 saturated heterocycles. The van der Waals surface area contributed by atoms with E-state index < -0.39 is 0 Å². The quantitative estimate of drug-likeness (QED) is 0.330. The van der Waals surface area contributed by atoms with Crippen LogP contribution in [0, 0.1) is 5.92 Å². The lowest BCUT2D eigenvalue weighted by Gasteiger charge is -2.16. The van der Waals surface area contributed by atoms with Gasteiger partial charge < -0.3 is 0 Å². The number of rotatable bonds is 9. The summed E-state index contributed by atoms with van der Waals surface area (Å²) >= 11 is 0. The Morgan fingerprint density at radius 2 is 1.95 bits per heavy atom. The summed E-state index contributed by atoms with van der Waals surface area (Å²) in [7, 11) is 0. The molecule has 0 spiro atoms. The van der Waals surface area contributed by atoms with Crippen molar-refractivity contribution in [1.29, 1.82) is 0 Å². The van der Waals surface area contributed by atoms with E-state index >= 15 is 0 Å². The molecule has 1 rings (SSSR count). The lowest BCUT2D eigenvalue weighted by molar-refractivity contribution is 0.0976. The monoisotopic (exact) mass is 280 g/mol. The summed E-state index contributed by atoms with van der Waals surface area (Å²) in [4.78, 5) is 12.2. The van der Waals surface area contributed by atoms with Gasteiger partial charge in [0.05, 0.1) is 0 Å². The second-order valence-corrected chi connectivity index (χ2v) is 4.95. The molecular formula is C20H24O. The van der Waals surface area contributed by atoms with Crippen LogP contribution >= 0.6 is 0 Å². The highest BCUT2D eigenvalue weighted by molar-refractivity contribution is 5.95. The number of hydrogen-bond donors (Lipinski definition) is 0. The number of benzene rings is 1. The minimum absolute atomic E-state index is 0.194. The molecule has 0 aliphatic carbocycles. The van der Waals surface area contributed by atoms with Crippen LogP contribution in [0.25, 0.3) is 0 Å². The van der Waals surface area contributed by atoms with Gasteiger partial charge in [-0.1, -0.05) is 67.3 Å². The van der Waals surface area contributed by atoms with E-state index in [0.29, 0.717) is 12.3 Å². The van der Waals surface area contributed by atoms with Crippen LogP contribution in [0.1, 0.15) is 36.5 Å². The van der Waals surface area contributed by atoms with Gasteiger partial charge in [-0.05, 0) is 31.3 Å². The number of allylic oxidation sites excluding steroid dienone is 6. The second-order valence-electron chi connectivity index (χ2n) is 4.95. The maximum absolute atomic E-state index is 12.2. The average Bonchev–Trinajstić information content (AvgIpc) is 2.53. The fraction of sp³-hybridized carbons (Fsp3) is 0.250. The molecule has 1 heteroatoms. The Balaban J connectivity index is 2.72. The molecule has 1 atom stereocenters. The van der Waals surface area contributed by atoms with Crippen LogP contribution in [0.3, 0.4) is 0 Å². The summed E-state index contributed by atoms with van der Waals surface area (Å²) in [6, 6.07) is 9.46. The van der Waals surface area contributed by atoms with Crippen molar-refractivity contribution in [3.8, 4) is 0 Å². The van der Waals surface area contributed by atoms with Gasteiger partial charge in [-0.3, -0.25) is 4.79 Å². The van der Waals surface area contributed by atoms with Crippen molar-refractivity contribution < 1.29 is 4.79 Å². The zero-order valence-corrected chi connectivity index (χ0v) is 12.8. The van der Waals surface area contributed by atoms with Gasteiger partial charge in [0, 0.05) is 12.0 Å². The van der Waals surface area contributed by atoms with Crippen molar-refractivity contribution in [2.45, 2.75) is 26.2 Å². The minimum Gasteiger partial charge on any atom is -0.294 e. The molecule has 0 aliphatic heterocycles. The zero-order valence-electron chi connectivity index (χ0n) is 12.8. The normalized spacial score (nSPS) is 13.1. The molecule has 0 heterocycles. The number of carbonyl (C=O) groups is 1. The van der Waals surface area contributed by atoms with Gasteiger partial charge in [0.1, 0.15) is 0 Å². The summed E-state index contributed by atoms with van der Waals surface area (Å²) in [6.07, 6.45) is 12.1. The number of ketones is 1. The molecule has 1 aromatic rings. The summed E-state index contributed by atoms with van der Waals surface area (Å²) in [6.45, 7) is 9.68. The molecule has 110 valence electrons. The second kappa shape index (κ2) is 9.71. The van der Waals surface area contributed by atoms with E-state index in [1.807, 2.05) is 61.6 Å². The smallest absolute Gasteiger partial charge is 0.162 e. The molecule has 1 nitrogen and oxygen atoms in total. The molecule has 0 aliphatic rings. The lowest BCUT2D eigenvalue weighted by Crippen LogP contribution is -2.07. The van der Waals surface area contributed by atoms with E-state index in [0.717, 1.165) is 24.0 Å². The van der Waals surface area contributed by atoms with Gasteiger partial charge in [-0.25, -0.2) is 0 Å². The molecule has 0 aromatic heterocycles. The standard InChI is InChI=1S/C20H24O/c1-4-7-12-17(6-3)18(11-5-2)15-16-20(21)19-13-9-8-10-14-19/h4-10,12-14,18H,2-3,11,15-16H2,1H3/b7-4-,17-12+/t18-/m1/s1. The average molecular weight is 280 g/mol. The van der Waals surface area contributed by atoms with Crippen molar-refractivity contribution in [3.63, 3.8) is 0 Å². The fourth-order valence-electron chi connectivity index (χ4n) is 2.27. The minimum atomic E-state index is 0.194. The van der Waals surface area contributed by atoms with Crippen LogP contribution in [0.15, 0.2) is 79.4 Å². The van der Waals surface area contributed by atoms with E-state index in [1.165, 1.54) is 0 Å². The number of carbonyl (C=O) groups excluding carboxylic acids is 1. The third-order valence-electron chi connectivity index (χ3n) is 3.46. The Morgan fingerprint density at radius 3 is 2.52 bits per heavy atom. The van der Waals surface area contributed by atoms with Crippen molar-refractivity contribution in [2.75, 3.05) is 0 Å². The van der Waals surface area contributed by atoms with Gasteiger partial charge in [0.2, 0.25) is 0 Å². The maximum Gasteiger partial charge on any atom is 0.162 e. The maximum atomic E-state index is 12.2. The largest absolute Gasteiger partial charge is 0.294 e. The van der Waals surface area contributed by atoms with Crippen molar-refractivity contribution >= 4 is 5.78 Å². The molecule has 0 fully saturated rings. The van der Waals surface area contributed by atoms with E-state index in [1.54, 1.807) is 0 Å².